The fraction of sp³-hybridized carbons (Fsp3) is 0.950. The largest absolute Gasteiger partial charge is 0.394 e. The highest BCUT2D eigenvalue weighted by Crippen LogP contribution is 2.24. The minimum atomic E-state index is -0.539. The maximum Gasteiger partial charge on any atom is 0.220 e. The van der Waals surface area contributed by atoms with E-state index in [1.807, 2.05) is 20.8 Å². The van der Waals surface area contributed by atoms with Crippen LogP contribution in [0.2, 0.25) is 0 Å². The van der Waals surface area contributed by atoms with Crippen molar-refractivity contribution >= 4 is 18.5 Å². The minimum absolute atomic E-state index is 0.0497. The van der Waals surface area contributed by atoms with Crippen molar-refractivity contribution in [2.75, 3.05) is 32.1 Å². The van der Waals surface area contributed by atoms with E-state index in [0.29, 0.717) is 31.9 Å². The van der Waals surface area contributed by atoms with Crippen LogP contribution < -0.4 is 5.32 Å². The van der Waals surface area contributed by atoms with E-state index in [1.54, 1.807) is 0 Å². The number of hydrogen-bond donors (Lipinski definition) is 3. The second kappa shape index (κ2) is 13.8. The normalized spacial score (nSPS) is 14.8. The Morgan fingerprint density at radius 3 is 2.33 bits per heavy atom. The van der Waals surface area contributed by atoms with E-state index in [4.69, 9.17) is 14.2 Å². The van der Waals surface area contributed by atoms with Crippen LogP contribution in [0.1, 0.15) is 67.2 Å². The molecule has 162 valence electrons. The van der Waals surface area contributed by atoms with Gasteiger partial charge in [0, 0.05) is 25.3 Å². The Balaban J connectivity index is 4.28. The molecule has 0 aromatic heterocycles. The zero-order chi connectivity index (χ0) is 20.9. The Hall–Kier alpha value is -0.340. The van der Waals surface area contributed by atoms with Crippen LogP contribution in [0.15, 0.2) is 0 Å². The zero-order valence-corrected chi connectivity index (χ0v) is 18.9. The number of ether oxygens (including phenoxy) is 3. The number of hydrogen-bond acceptors (Lipinski definition) is 6. The van der Waals surface area contributed by atoms with E-state index in [1.165, 1.54) is 0 Å². The molecular weight excluding hydrogens is 366 g/mol. The van der Waals surface area contributed by atoms with Gasteiger partial charge in [0.05, 0.1) is 24.9 Å². The molecule has 1 amide bonds. The van der Waals surface area contributed by atoms with Crippen LogP contribution in [0.3, 0.4) is 0 Å². The van der Waals surface area contributed by atoms with Gasteiger partial charge in [0.2, 0.25) is 5.91 Å². The number of thiol groups is 1. The Morgan fingerprint density at radius 2 is 1.81 bits per heavy atom. The SMILES string of the molecule is CC(C)(C)CC(CO)OC(COCCCCC(=O)NCCS)OC(C)(C)C. The average Bonchev–Trinajstić information content (AvgIpc) is 2.52. The topological polar surface area (TPSA) is 77.0 Å². The molecule has 0 radical (unpaired) electrons. The van der Waals surface area contributed by atoms with Crippen LogP contribution in [0, 0.1) is 5.41 Å². The van der Waals surface area contributed by atoms with Gasteiger partial charge in [0.25, 0.3) is 0 Å². The molecule has 0 aliphatic heterocycles. The number of rotatable bonds is 14. The van der Waals surface area contributed by atoms with Crippen molar-refractivity contribution in [3.8, 4) is 0 Å². The van der Waals surface area contributed by atoms with E-state index in [2.05, 4.69) is 38.7 Å². The highest BCUT2D eigenvalue weighted by Gasteiger charge is 2.26. The predicted octanol–water partition coefficient (Wildman–Crippen LogP) is 3.17. The summed E-state index contributed by atoms with van der Waals surface area (Å²) in [4.78, 5) is 11.5. The molecule has 0 bridgehead atoms. The Morgan fingerprint density at radius 1 is 1.15 bits per heavy atom. The summed E-state index contributed by atoms with van der Waals surface area (Å²) in [6.07, 6.45) is 1.96. The van der Waals surface area contributed by atoms with Gasteiger partial charge in [-0.05, 0) is 45.4 Å². The van der Waals surface area contributed by atoms with Crippen molar-refractivity contribution in [1.29, 1.82) is 0 Å². The van der Waals surface area contributed by atoms with Gasteiger partial charge < -0.3 is 24.6 Å². The Labute approximate surface area is 171 Å². The van der Waals surface area contributed by atoms with Crippen molar-refractivity contribution < 1.29 is 24.1 Å². The van der Waals surface area contributed by atoms with Crippen molar-refractivity contribution in [3.63, 3.8) is 0 Å². The number of nitrogens with one attached hydrogen (secondary N) is 1. The van der Waals surface area contributed by atoms with Crippen LogP contribution in [0.25, 0.3) is 0 Å². The van der Waals surface area contributed by atoms with E-state index in [9.17, 15) is 9.90 Å². The van der Waals surface area contributed by atoms with Crippen molar-refractivity contribution in [3.05, 3.63) is 0 Å². The number of carbonyl (C=O) groups is 1. The number of aliphatic hydroxyl groups excluding tert-OH is 1. The van der Waals surface area contributed by atoms with Gasteiger partial charge in [0.1, 0.15) is 0 Å². The third kappa shape index (κ3) is 17.5. The summed E-state index contributed by atoms with van der Waals surface area (Å²) in [5, 5.41) is 12.4. The molecule has 0 rings (SSSR count). The summed E-state index contributed by atoms with van der Waals surface area (Å²) in [6, 6.07) is 0. The highest BCUT2D eigenvalue weighted by molar-refractivity contribution is 7.80. The molecule has 0 fully saturated rings. The van der Waals surface area contributed by atoms with E-state index in [0.717, 1.165) is 19.3 Å². The molecule has 0 aliphatic carbocycles. The first kappa shape index (κ1) is 26.7. The van der Waals surface area contributed by atoms with Crippen LogP contribution >= 0.6 is 12.6 Å². The molecule has 7 heteroatoms. The molecule has 27 heavy (non-hydrogen) atoms. The molecule has 0 aliphatic rings. The molecule has 0 spiro atoms. The molecule has 0 aromatic rings. The number of aliphatic hydroxyl groups is 1. The smallest absolute Gasteiger partial charge is 0.220 e. The van der Waals surface area contributed by atoms with E-state index in [-0.39, 0.29) is 29.6 Å². The first-order valence-electron chi connectivity index (χ1n) is 9.86. The van der Waals surface area contributed by atoms with Crippen LogP contribution in [-0.2, 0) is 19.0 Å². The number of unbranched alkanes of at least 4 members (excludes halogenated alkanes) is 1. The first-order chi connectivity index (χ1) is 12.5. The number of carbonyl (C=O) groups excluding carboxylic acids is 1. The fourth-order valence-electron chi connectivity index (χ4n) is 2.50. The fourth-order valence-corrected chi connectivity index (χ4v) is 2.61. The summed E-state index contributed by atoms with van der Waals surface area (Å²) < 4.78 is 17.6. The van der Waals surface area contributed by atoms with Crippen LogP contribution in [0.5, 0.6) is 0 Å². The maximum absolute atomic E-state index is 11.5. The summed E-state index contributed by atoms with van der Waals surface area (Å²) in [5.41, 5.74) is -0.324. The molecule has 0 saturated heterocycles. The molecule has 2 unspecified atom stereocenters. The molecule has 0 aromatic carbocycles. The Bertz CT molecular complexity index is 393. The maximum atomic E-state index is 11.5. The number of amides is 1. The average molecular weight is 408 g/mol. The minimum Gasteiger partial charge on any atom is -0.394 e. The lowest BCUT2D eigenvalue weighted by Crippen LogP contribution is -2.38. The van der Waals surface area contributed by atoms with Crippen molar-refractivity contribution in [1.82, 2.24) is 5.32 Å². The molecule has 6 nitrogen and oxygen atoms in total. The lowest BCUT2D eigenvalue weighted by Gasteiger charge is -2.32. The standard InChI is InChI=1S/C20H41NO5S/c1-19(2,3)13-16(14-22)25-18(26-20(4,5)6)15-24-11-8-7-9-17(23)21-10-12-27/h16,18,22,27H,7-15H2,1-6H3,(H,21,23). The van der Waals surface area contributed by atoms with Gasteiger partial charge in [0.15, 0.2) is 6.29 Å². The second-order valence-electron chi connectivity index (χ2n) is 8.97. The van der Waals surface area contributed by atoms with Gasteiger partial charge in [-0.2, -0.15) is 12.6 Å². The van der Waals surface area contributed by atoms with E-state index < -0.39 is 6.29 Å². The van der Waals surface area contributed by atoms with Gasteiger partial charge >= 0.3 is 0 Å². The van der Waals surface area contributed by atoms with Gasteiger partial charge in [-0.15, -0.1) is 0 Å². The molecular formula is C20H41NO5S. The predicted molar refractivity (Wildman–Crippen MR) is 112 cm³/mol. The summed E-state index contributed by atoms with van der Waals surface area (Å²) >= 11 is 4.06. The molecule has 2 atom stereocenters. The second-order valence-corrected chi connectivity index (χ2v) is 9.42. The third-order valence-electron chi connectivity index (χ3n) is 3.50. The molecule has 0 saturated carbocycles. The molecule has 0 heterocycles. The van der Waals surface area contributed by atoms with Crippen molar-refractivity contribution in [2.45, 2.75) is 85.2 Å². The summed E-state index contributed by atoms with van der Waals surface area (Å²) in [7, 11) is 0. The monoisotopic (exact) mass is 407 g/mol. The summed E-state index contributed by atoms with van der Waals surface area (Å²) in [6.45, 7) is 13.6. The highest BCUT2D eigenvalue weighted by atomic mass is 32.1. The van der Waals surface area contributed by atoms with Gasteiger partial charge in [-0.3, -0.25) is 4.79 Å². The zero-order valence-electron chi connectivity index (χ0n) is 18.0. The lowest BCUT2D eigenvalue weighted by atomic mass is 9.89. The Kier molecular flexibility index (Phi) is 13.6. The lowest BCUT2D eigenvalue weighted by molar-refractivity contribution is -0.242. The van der Waals surface area contributed by atoms with Gasteiger partial charge in [-0.1, -0.05) is 20.8 Å². The third-order valence-corrected chi connectivity index (χ3v) is 3.73. The molecule has 2 N–H and O–H groups in total. The van der Waals surface area contributed by atoms with Gasteiger partial charge in [-0.25, -0.2) is 0 Å². The summed E-state index contributed by atoms with van der Waals surface area (Å²) in [5.74, 6) is 0.697. The van der Waals surface area contributed by atoms with Crippen LogP contribution in [-0.4, -0.2) is 61.1 Å². The van der Waals surface area contributed by atoms with Crippen molar-refractivity contribution in [2.24, 2.45) is 5.41 Å². The first-order valence-corrected chi connectivity index (χ1v) is 10.5. The van der Waals surface area contributed by atoms with Crippen LogP contribution in [0.4, 0.5) is 0 Å². The quantitative estimate of drug-likeness (QED) is 0.234. The van der Waals surface area contributed by atoms with E-state index >= 15 is 0 Å².